The summed E-state index contributed by atoms with van der Waals surface area (Å²) in [6, 6.07) is 13.9. The number of carbonyl (C=O) groups is 1. The summed E-state index contributed by atoms with van der Waals surface area (Å²) in [5, 5.41) is 5.13. The molecule has 0 atom stereocenters. The van der Waals surface area contributed by atoms with Crippen LogP contribution in [-0.2, 0) is 0 Å². The molecule has 27 heavy (non-hydrogen) atoms. The second-order valence-corrected chi connectivity index (χ2v) is 7.32. The van der Waals surface area contributed by atoms with E-state index in [-0.39, 0.29) is 5.91 Å². The number of benzene rings is 2. The molecule has 0 unspecified atom stereocenters. The van der Waals surface area contributed by atoms with E-state index in [1.807, 2.05) is 49.4 Å². The number of fused-ring (bicyclic) bond motifs is 1. The molecule has 0 bridgehead atoms. The van der Waals surface area contributed by atoms with E-state index in [2.05, 4.69) is 27.1 Å². The molecule has 2 heterocycles. The van der Waals surface area contributed by atoms with Crippen LogP contribution >= 0.6 is 0 Å². The molecule has 138 valence electrons. The molecule has 2 aromatic carbocycles. The van der Waals surface area contributed by atoms with Gasteiger partial charge in [0.25, 0.3) is 5.91 Å². The van der Waals surface area contributed by atoms with Gasteiger partial charge in [0.15, 0.2) is 0 Å². The van der Waals surface area contributed by atoms with Crippen molar-refractivity contribution in [3.8, 4) is 0 Å². The van der Waals surface area contributed by atoms with Crippen LogP contribution in [-0.4, -0.2) is 29.0 Å². The van der Waals surface area contributed by atoms with Crippen molar-refractivity contribution in [2.24, 2.45) is 5.92 Å². The Hall–Kier alpha value is -2.95. The summed E-state index contributed by atoms with van der Waals surface area (Å²) in [7, 11) is 0. The molecule has 0 aliphatic carbocycles. The van der Waals surface area contributed by atoms with E-state index >= 15 is 0 Å². The van der Waals surface area contributed by atoms with Gasteiger partial charge >= 0.3 is 0 Å². The standard InChI is InChI=1S/C22H24N4O/c1-15-10-12-26(13-11-15)22-23-14-19(16(2)24-22)21(27)25-20-9-5-7-17-6-3-4-8-18(17)20/h3-9,14-15H,10-13H2,1-2H3,(H,25,27). The van der Waals surface area contributed by atoms with Crippen LogP contribution in [0.5, 0.6) is 0 Å². The van der Waals surface area contributed by atoms with Gasteiger partial charge in [-0.15, -0.1) is 0 Å². The lowest BCUT2D eigenvalue weighted by molar-refractivity contribution is 0.102. The Kier molecular flexibility index (Phi) is 4.75. The van der Waals surface area contributed by atoms with Crippen molar-refractivity contribution >= 4 is 28.3 Å². The monoisotopic (exact) mass is 360 g/mol. The van der Waals surface area contributed by atoms with Crippen LogP contribution in [0, 0.1) is 12.8 Å². The summed E-state index contributed by atoms with van der Waals surface area (Å²) in [5.74, 6) is 1.30. The molecule has 1 aliphatic rings. The van der Waals surface area contributed by atoms with Gasteiger partial charge in [0.1, 0.15) is 0 Å². The summed E-state index contributed by atoms with van der Waals surface area (Å²) in [6.45, 7) is 6.10. The fraction of sp³-hybridized carbons (Fsp3) is 0.318. The van der Waals surface area contributed by atoms with E-state index in [0.717, 1.165) is 54.3 Å². The average Bonchev–Trinajstić information content (AvgIpc) is 2.68. The first-order valence-electron chi connectivity index (χ1n) is 9.49. The van der Waals surface area contributed by atoms with Crippen LogP contribution in [0.2, 0.25) is 0 Å². The molecule has 1 N–H and O–H groups in total. The Morgan fingerprint density at radius 1 is 1.11 bits per heavy atom. The molecule has 0 spiro atoms. The SMILES string of the molecule is Cc1nc(N2CCC(C)CC2)ncc1C(=O)Nc1cccc2ccccc12. The predicted octanol–water partition coefficient (Wildman–Crippen LogP) is 4.43. The third-order valence-corrected chi connectivity index (χ3v) is 5.32. The zero-order chi connectivity index (χ0) is 18.8. The second-order valence-electron chi connectivity index (χ2n) is 7.32. The highest BCUT2D eigenvalue weighted by Gasteiger charge is 2.20. The topological polar surface area (TPSA) is 58.1 Å². The number of carbonyl (C=O) groups excluding carboxylic acids is 1. The van der Waals surface area contributed by atoms with Crippen molar-refractivity contribution < 1.29 is 4.79 Å². The van der Waals surface area contributed by atoms with E-state index in [4.69, 9.17) is 0 Å². The number of hydrogen-bond donors (Lipinski definition) is 1. The van der Waals surface area contributed by atoms with E-state index < -0.39 is 0 Å². The third kappa shape index (κ3) is 3.63. The minimum Gasteiger partial charge on any atom is -0.341 e. The Labute approximate surface area is 159 Å². The summed E-state index contributed by atoms with van der Waals surface area (Å²) >= 11 is 0. The van der Waals surface area contributed by atoms with Gasteiger partial charge in [-0.25, -0.2) is 9.97 Å². The smallest absolute Gasteiger partial charge is 0.259 e. The number of anilines is 2. The molecular formula is C22H24N4O. The van der Waals surface area contributed by atoms with Gasteiger partial charge in [-0.3, -0.25) is 4.79 Å². The zero-order valence-corrected chi connectivity index (χ0v) is 15.8. The number of nitrogens with zero attached hydrogens (tertiary/aromatic N) is 3. The molecule has 1 aliphatic heterocycles. The first-order valence-corrected chi connectivity index (χ1v) is 9.49. The van der Waals surface area contributed by atoms with Crippen LogP contribution in [0.4, 0.5) is 11.6 Å². The second kappa shape index (κ2) is 7.35. The molecule has 3 aromatic rings. The Morgan fingerprint density at radius 2 is 1.85 bits per heavy atom. The number of hydrogen-bond acceptors (Lipinski definition) is 4. The lowest BCUT2D eigenvalue weighted by Gasteiger charge is -2.30. The van der Waals surface area contributed by atoms with Gasteiger partial charge in [0, 0.05) is 30.4 Å². The summed E-state index contributed by atoms with van der Waals surface area (Å²) in [5.41, 5.74) is 2.01. The normalized spacial score (nSPS) is 15.1. The van der Waals surface area contributed by atoms with Gasteiger partial charge in [-0.2, -0.15) is 0 Å². The third-order valence-electron chi connectivity index (χ3n) is 5.32. The molecule has 1 aromatic heterocycles. The zero-order valence-electron chi connectivity index (χ0n) is 15.8. The number of aromatic nitrogens is 2. The fourth-order valence-electron chi connectivity index (χ4n) is 3.56. The average molecular weight is 360 g/mol. The molecule has 4 rings (SSSR count). The van der Waals surface area contributed by atoms with Crippen LogP contribution < -0.4 is 10.2 Å². The maximum Gasteiger partial charge on any atom is 0.259 e. The minimum atomic E-state index is -0.178. The fourth-order valence-corrected chi connectivity index (χ4v) is 3.56. The van der Waals surface area contributed by atoms with E-state index in [0.29, 0.717) is 11.3 Å². The van der Waals surface area contributed by atoms with E-state index in [1.165, 1.54) is 0 Å². The molecule has 5 nitrogen and oxygen atoms in total. The molecule has 1 amide bonds. The number of rotatable bonds is 3. The Bertz CT molecular complexity index is 972. The van der Waals surface area contributed by atoms with E-state index in [9.17, 15) is 4.79 Å². The lowest BCUT2D eigenvalue weighted by Crippen LogP contribution is -2.34. The van der Waals surface area contributed by atoms with Gasteiger partial charge in [-0.1, -0.05) is 43.3 Å². The molecule has 0 radical (unpaired) electrons. The lowest BCUT2D eigenvalue weighted by atomic mass is 10.00. The highest BCUT2D eigenvalue weighted by Crippen LogP contribution is 2.24. The number of nitrogens with one attached hydrogen (secondary N) is 1. The number of aryl methyl sites for hydroxylation is 1. The van der Waals surface area contributed by atoms with Crippen LogP contribution in [0.1, 0.15) is 35.8 Å². The molecular weight excluding hydrogens is 336 g/mol. The van der Waals surface area contributed by atoms with Crippen molar-refractivity contribution in [2.45, 2.75) is 26.7 Å². The van der Waals surface area contributed by atoms with Crippen molar-refractivity contribution in [1.29, 1.82) is 0 Å². The van der Waals surface area contributed by atoms with Crippen molar-refractivity contribution in [3.05, 3.63) is 59.9 Å². The minimum absolute atomic E-state index is 0.178. The quantitative estimate of drug-likeness (QED) is 0.751. The number of amides is 1. The van der Waals surface area contributed by atoms with E-state index in [1.54, 1.807) is 6.20 Å². The van der Waals surface area contributed by atoms with Gasteiger partial charge in [-0.05, 0) is 37.1 Å². The maximum atomic E-state index is 12.8. The molecule has 5 heteroatoms. The highest BCUT2D eigenvalue weighted by molar-refractivity contribution is 6.09. The predicted molar refractivity (Wildman–Crippen MR) is 109 cm³/mol. The Morgan fingerprint density at radius 3 is 2.63 bits per heavy atom. The van der Waals surface area contributed by atoms with Gasteiger partial charge in [0.2, 0.25) is 5.95 Å². The molecule has 1 saturated heterocycles. The van der Waals surface area contributed by atoms with Gasteiger partial charge in [0.05, 0.1) is 11.3 Å². The van der Waals surface area contributed by atoms with Crippen LogP contribution in [0.25, 0.3) is 10.8 Å². The summed E-state index contributed by atoms with van der Waals surface area (Å²) < 4.78 is 0. The van der Waals surface area contributed by atoms with Crippen LogP contribution in [0.15, 0.2) is 48.7 Å². The summed E-state index contributed by atoms with van der Waals surface area (Å²) in [6.07, 6.45) is 3.97. The van der Waals surface area contributed by atoms with Crippen molar-refractivity contribution in [3.63, 3.8) is 0 Å². The number of piperidine rings is 1. The maximum absolute atomic E-state index is 12.8. The van der Waals surface area contributed by atoms with Crippen molar-refractivity contribution in [2.75, 3.05) is 23.3 Å². The van der Waals surface area contributed by atoms with Crippen LogP contribution in [0.3, 0.4) is 0 Å². The van der Waals surface area contributed by atoms with Crippen molar-refractivity contribution in [1.82, 2.24) is 9.97 Å². The first-order chi connectivity index (χ1) is 13.1. The highest BCUT2D eigenvalue weighted by atomic mass is 16.1. The summed E-state index contributed by atoms with van der Waals surface area (Å²) in [4.78, 5) is 24.1. The largest absolute Gasteiger partial charge is 0.341 e. The Balaban J connectivity index is 1.55. The first kappa shape index (κ1) is 17.5. The molecule has 0 saturated carbocycles. The molecule has 1 fully saturated rings. The van der Waals surface area contributed by atoms with Gasteiger partial charge < -0.3 is 10.2 Å².